The summed E-state index contributed by atoms with van der Waals surface area (Å²) in [4.78, 5) is 20.4. The molecule has 2 aliphatic rings. The fraction of sp³-hybridized carbons (Fsp3) is 0.667. The lowest BCUT2D eigenvalue weighted by atomic mass is 9.89. The van der Waals surface area contributed by atoms with Crippen molar-refractivity contribution in [1.29, 1.82) is 0 Å². The van der Waals surface area contributed by atoms with Crippen LogP contribution in [0.15, 0.2) is 12.4 Å². The maximum Gasteiger partial charge on any atom is 0.319 e. The largest absolute Gasteiger partial charge is 0.378 e. The number of aromatic nitrogens is 2. The van der Waals surface area contributed by atoms with Crippen molar-refractivity contribution >= 4 is 11.7 Å². The SMILES string of the molecule is CCOC1CC(NC(=O)Nc2cnc(CC3CC3)nc2)C1. The van der Waals surface area contributed by atoms with Crippen LogP contribution in [0.1, 0.15) is 38.4 Å². The fourth-order valence-corrected chi connectivity index (χ4v) is 2.51. The van der Waals surface area contributed by atoms with Crippen molar-refractivity contribution in [2.24, 2.45) is 5.92 Å². The van der Waals surface area contributed by atoms with Gasteiger partial charge in [-0.3, -0.25) is 0 Å². The fourth-order valence-electron chi connectivity index (χ4n) is 2.51. The van der Waals surface area contributed by atoms with E-state index in [9.17, 15) is 4.79 Å². The van der Waals surface area contributed by atoms with Crippen LogP contribution in [0.2, 0.25) is 0 Å². The predicted octanol–water partition coefficient (Wildman–Crippen LogP) is 2.12. The summed E-state index contributed by atoms with van der Waals surface area (Å²) in [7, 11) is 0. The van der Waals surface area contributed by atoms with E-state index in [0.29, 0.717) is 11.8 Å². The molecule has 0 spiro atoms. The standard InChI is InChI=1S/C15H22N4O2/c1-2-21-13-6-11(7-13)18-15(20)19-12-8-16-14(17-9-12)5-10-3-4-10/h8-11,13H,2-7H2,1H3,(H2,18,19,20). The van der Waals surface area contributed by atoms with Gasteiger partial charge >= 0.3 is 6.03 Å². The number of carbonyl (C=O) groups excluding carboxylic acids is 1. The van der Waals surface area contributed by atoms with Crippen LogP contribution in [0, 0.1) is 5.92 Å². The number of carbonyl (C=O) groups is 1. The molecule has 114 valence electrons. The summed E-state index contributed by atoms with van der Waals surface area (Å²) in [5, 5.41) is 5.69. The molecule has 0 radical (unpaired) electrons. The number of ether oxygens (including phenoxy) is 1. The molecule has 1 heterocycles. The van der Waals surface area contributed by atoms with E-state index < -0.39 is 0 Å². The van der Waals surface area contributed by atoms with Crippen molar-refractivity contribution in [1.82, 2.24) is 15.3 Å². The van der Waals surface area contributed by atoms with E-state index in [4.69, 9.17) is 4.74 Å². The Morgan fingerprint density at radius 3 is 2.67 bits per heavy atom. The van der Waals surface area contributed by atoms with E-state index in [1.165, 1.54) is 12.8 Å². The van der Waals surface area contributed by atoms with Gasteiger partial charge in [-0.15, -0.1) is 0 Å². The molecule has 0 saturated heterocycles. The van der Waals surface area contributed by atoms with Crippen LogP contribution in [0.25, 0.3) is 0 Å². The maximum atomic E-state index is 11.8. The van der Waals surface area contributed by atoms with Crippen molar-refractivity contribution in [2.75, 3.05) is 11.9 Å². The highest BCUT2D eigenvalue weighted by Gasteiger charge is 2.30. The van der Waals surface area contributed by atoms with E-state index in [1.807, 2.05) is 6.92 Å². The first kappa shape index (κ1) is 14.3. The lowest BCUT2D eigenvalue weighted by Crippen LogP contribution is -2.49. The quantitative estimate of drug-likeness (QED) is 0.841. The molecule has 1 aromatic rings. The number of nitrogens with one attached hydrogen (secondary N) is 2. The maximum absolute atomic E-state index is 11.8. The zero-order valence-corrected chi connectivity index (χ0v) is 12.3. The summed E-state index contributed by atoms with van der Waals surface area (Å²) in [6.45, 7) is 2.72. The molecule has 3 rings (SSSR count). The monoisotopic (exact) mass is 290 g/mol. The second-order valence-corrected chi connectivity index (χ2v) is 5.88. The van der Waals surface area contributed by atoms with Crippen molar-refractivity contribution < 1.29 is 9.53 Å². The first-order valence-corrected chi connectivity index (χ1v) is 7.73. The molecule has 6 nitrogen and oxygen atoms in total. The summed E-state index contributed by atoms with van der Waals surface area (Å²) in [5.74, 6) is 1.63. The van der Waals surface area contributed by atoms with Gasteiger partial charge in [0, 0.05) is 19.1 Å². The third kappa shape index (κ3) is 4.14. The molecule has 0 aromatic carbocycles. The first-order chi connectivity index (χ1) is 10.2. The Balaban J connectivity index is 1.40. The van der Waals surface area contributed by atoms with Gasteiger partial charge in [-0.05, 0) is 38.5 Å². The molecule has 2 saturated carbocycles. The Bertz CT molecular complexity index is 481. The summed E-state index contributed by atoms with van der Waals surface area (Å²) in [6, 6.07) is 0.00472. The second-order valence-electron chi connectivity index (χ2n) is 5.88. The number of anilines is 1. The number of rotatable bonds is 6. The van der Waals surface area contributed by atoms with Crippen LogP contribution in [0.3, 0.4) is 0 Å². The van der Waals surface area contributed by atoms with E-state index in [1.54, 1.807) is 12.4 Å². The minimum atomic E-state index is -0.200. The minimum Gasteiger partial charge on any atom is -0.378 e. The van der Waals surface area contributed by atoms with Gasteiger partial charge in [0.2, 0.25) is 0 Å². The zero-order chi connectivity index (χ0) is 14.7. The van der Waals surface area contributed by atoms with Crippen LogP contribution in [0.4, 0.5) is 10.5 Å². The van der Waals surface area contributed by atoms with Gasteiger partial charge in [0.15, 0.2) is 0 Å². The van der Waals surface area contributed by atoms with Crippen LogP contribution in [-0.4, -0.2) is 34.8 Å². The number of hydrogen-bond donors (Lipinski definition) is 2. The summed E-state index contributed by atoms with van der Waals surface area (Å²) in [5.41, 5.74) is 0.632. The molecule has 6 heteroatoms. The molecule has 21 heavy (non-hydrogen) atoms. The van der Waals surface area contributed by atoms with Gasteiger partial charge in [0.1, 0.15) is 5.82 Å². The Morgan fingerprint density at radius 2 is 2.05 bits per heavy atom. The van der Waals surface area contributed by atoms with Gasteiger partial charge < -0.3 is 15.4 Å². The number of nitrogens with zero attached hydrogens (tertiary/aromatic N) is 2. The summed E-state index contributed by atoms with van der Waals surface area (Å²) < 4.78 is 5.47. The lowest BCUT2D eigenvalue weighted by molar-refractivity contribution is -0.00673. The molecular weight excluding hydrogens is 268 g/mol. The third-order valence-corrected chi connectivity index (χ3v) is 3.96. The average Bonchev–Trinajstić information content (AvgIpc) is 3.23. The molecule has 2 N–H and O–H groups in total. The summed E-state index contributed by atoms with van der Waals surface area (Å²) >= 11 is 0. The molecular formula is C15H22N4O2. The van der Waals surface area contributed by atoms with Crippen LogP contribution in [-0.2, 0) is 11.2 Å². The van der Waals surface area contributed by atoms with Gasteiger partial charge in [0.25, 0.3) is 0 Å². The Hall–Kier alpha value is -1.69. The number of amides is 2. The molecule has 2 aliphatic carbocycles. The van der Waals surface area contributed by atoms with Crippen molar-refractivity contribution in [3.8, 4) is 0 Å². The Labute approximate surface area is 124 Å². The number of urea groups is 1. The third-order valence-electron chi connectivity index (χ3n) is 3.96. The average molecular weight is 290 g/mol. The van der Waals surface area contributed by atoms with Gasteiger partial charge in [-0.1, -0.05) is 0 Å². The first-order valence-electron chi connectivity index (χ1n) is 7.73. The van der Waals surface area contributed by atoms with Crippen molar-refractivity contribution in [3.05, 3.63) is 18.2 Å². The van der Waals surface area contributed by atoms with Gasteiger partial charge in [-0.25, -0.2) is 14.8 Å². The number of hydrogen-bond acceptors (Lipinski definition) is 4. The topological polar surface area (TPSA) is 76.1 Å². The summed E-state index contributed by atoms with van der Waals surface area (Å²) in [6.07, 6.45) is 8.95. The van der Waals surface area contributed by atoms with E-state index in [-0.39, 0.29) is 12.1 Å². The second kappa shape index (κ2) is 6.39. The highest BCUT2D eigenvalue weighted by Crippen LogP contribution is 2.31. The zero-order valence-electron chi connectivity index (χ0n) is 12.3. The van der Waals surface area contributed by atoms with E-state index >= 15 is 0 Å². The van der Waals surface area contributed by atoms with Crippen LogP contribution < -0.4 is 10.6 Å². The van der Waals surface area contributed by atoms with Gasteiger partial charge in [0.05, 0.1) is 24.2 Å². The molecule has 1 aromatic heterocycles. The molecule has 0 unspecified atom stereocenters. The van der Waals surface area contributed by atoms with Crippen LogP contribution >= 0.6 is 0 Å². The molecule has 0 atom stereocenters. The smallest absolute Gasteiger partial charge is 0.319 e. The highest BCUT2D eigenvalue weighted by molar-refractivity contribution is 5.89. The normalized spacial score (nSPS) is 24.2. The molecule has 2 fully saturated rings. The molecule has 2 amide bonds. The van der Waals surface area contributed by atoms with Crippen LogP contribution in [0.5, 0.6) is 0 Å². The van der Waals surface area contributed by atoms with Gasteiger partial charge in [-0.2, -0.15) is 0 Å². The molecule has 0 aliphatic heterocycles. The Morgan fingerprint density at radius 1 is 1.33 bits per heavy atom. The predicted molar refractivity (Wildman–Crippen MR) is 79.1 cm³/mol. The van der Waals surface area contributed by atoms with E-state index in [0.717, 1.165) is 37.6 Å². The van der Waals surface area contributed by atoms with E-state index in [2.05, 4.69) is 20.6 Å². The lowest BCUT2D eigenvalue weighted by Gasteiger charge is -2.35. The molecule has 0 bridgehead atoms. The minimum absolute atomic E-state index is 0.200. The Kier molecular flexibility index (Phi) is 4.34. The highest BCUT2D eigenvalue weighted by atomic mass is 16.5. The van der Waals surface area contributed by atoms with Crippen molar-refractivity contribution in [2.45, 2.75) is 51.2 Å². The van der Waals surface area contributed by atoms with Crippen molar-refractivity contribution in [3.63, 3.8) is 0 Å².